The molecule has 1 aromatic carbocycles. The summed E-state index contributed by atoms with van der Waals surface area (Å²) in [5.41, 5.74) is 5.67. The number of benzene rings is 1. The van der Waals surface area contributed by atoms with Gasteiger partial charge in [0, 0.05) is 0 Å². The maximum Gasteiger partial charge on any atom is 0.144 e. The van der Waals surface area contributed by atoms with Crippen molar-refractivity contribution in [3.05, 3.63) is 35.9 Å². The Labute approximate surface area is 66.0 Å². The Morgan fingerprint density at radius 1 is 1.36 bits per heavy atom. The normalized spacial score (nSPS) is 15.5. The molecule has 0 aromatic heterocycles. The molecule has 0 amide bonds. The molecule has 2 nitrogen and oxygen atoms in total. The van der Waals surface area contributed by atoms with Gasteiger partial charge in [0.25, 0.3) is 0 Å². The van der Waals surface area contributed by atoms with Gasteiger partial charge in [-0.05, 0) is 12.5 Å². The highest BCUT2D eigenvalue weighted by molar-refractivity contribution is 5.66. The summed E-state index contributed by atoms with van der Waals surface area (Å²) in [6, 6.07) is 9.31. The average molecular weight is 149 g/mol. The number of rotatable bonds is 2. The molecule has 0 fully saturated rings. The molecule has 0 saturated heterocycles. The van der Waals surface area contributed by atoms with E-state index < -0.39 is 5.54 Å². The minimum atomic E-state index is -0.846. The van der Waals surface area contributed by atoms with Crippen LogP contribution in [0.4, 0.5) is 0 Å². The van der Waals surface area contributed by atoms with Gasteiger partial charge in [-0.15, -0.1) is 0 Å². The molecule has 1 unspecified atom stereocenters. The molecule has 2 N–H and O–H groups in total. The monoisotopic (exact) mass is 149 g/mol. The molecule has 2 heteroatoms. The van der Waals surface area contributed by atoms with E-state index in [4.69, 9.17) is 5.73 Å². The lowest BCUT2D eigenvalue weighted by Gasteiger charge is -2.16. The smallest absolute Gasteiger partial charge is 0.144 e. The summed E-state index contributed by atoms with van der Waals surface area (Å²) in [5.74, 6) is 0. The summed E-state index contributed by atoms with van der Waals surface area (Å²) in [6.45, 7) is 1.69. The first-order valence-corrected chi connectivity index (χ1v) is 3.47. The van der Waals surface area contributed by atoms with Crippen molar-refractivity contribution in [2.75, 3.05) is 0 Å². The van der Waals surface area contributed by atoms with Gasteiger partial charge < -0.3 is 10.5 Å². The third-order valence-corrected chi connectivity index (χ3v) is 1.64. The zero-order chi connectivity index (χ0) is 8.32. The molecule has 1 aromatic rings. The third-order valence-electron chi connectivity index (χ3n) is 1.64. The highest BCUT2D eigenvalue weighted by Crippen LogP contribution is 2.13. The average Bonchev–Trinajstić information content (AvgIpc) is 2.06. The van der Waals surface area contributed by atoms with Crippen LogP contribution in [-0.4, -0.2) is 6.29 Å². The number of carbonyl (C=O) groups is 1. The lowest BCUT2D eigenvalue weighted by molar-refractivity contribution is -0.112. The fourth-order valence-corrected chi connectivity index (χ4v) is 0.865. The van der Waals surface area contributed by atoms with Crippen molar-refractivity contribution in [2.24, 2.45) is 5.73 Å². The SMILES string of the molecule is CC(N)(C=O)c1ccccc1. The van der Waals surface area contributed by atoms with Crippen molar-refractivity contribution in [3.63, 3.8) is 0 Å². The summed E-state index contributed by atoms with van der Waals surface area (Å²) in [6.07, 6.45) is 0.752. The Morgan fingerprint density at radius 2 is 1.91 bits per heavy atom. The highest BCUT2D eigenvalue weighted by Gasteiger charge is 2.18. The molecule has 0 radical (unpaired) electrons. The Balaban J connectivity index is 3.02. The van der Waals surface area contributed by atoms with Gasteiger partial charge in [0.2, 0.25) is 0 Å². The molecule has 11 heavy (non-hydrogen) atoms. The van der Waals surface area contributed by atoms with E-state index in [1.807, 2.05) is 30.3 Å². The first-order valence-electron chi connectivity index (χ1n) is 3.47. The van der Waals surface area contributed by atoms with Gasteiger partial charge in [-0.25, -0.2) is 0 Å². The molecule has 1 rings (SSSR count). The summed E-state index contributed by atoms with van der Waals surface area (Å²) < 4.78 is 0. The van der Waals surface area contributed by atoms with Gasteiger partial charge >= 0.3 is 0 Å². The molecule has 1 atom stereocenters. The summed E-state index contributed by atoms with van der Waals surface area (Å²) in [4.78, 5) is 10.5. The Hall–Kier alpha value is -1.15. The highest BCUT2D eigenvalue weighted by atomic mass is 16.1. The Morgan fingerprint density at radius 3 is 2.36 bits per heavy atom. The zero-order valence-corrected chi connectivity index (χ0v) is 6.45. The number of carbonyl (C=O) groups excluding carboxylic acids is 1. The second kappa shape index (κ2) is 2.84. The number of aldehydes is 1. The van der Waals surface area contributed by atoms with Crippen molar-refractivity contribution in [2.45, 2.75) is 12.5 Å². The lowest BCUT2D eigenvalue weighted by atomic mass is 9.95. The molecule has 0 aliphatic rings. The van der Waals surface area contributed by atoms with Crippen LogP contribution in [0.1, 0.15) is 12.5 Å². The first-order chi connectivity index (χ1) is 5.17. The van der Waals surface area contributed by atoms with E-state index in [1.165, 1.54) is 0 Å². The van der Waals surface area contributed by atoms with Crippen LogP contribution >= 0.6 is 0 Å². The largest absolute Gasteiger partial charge is 0.316 e. The molecule has 58 valence electrons. The van der Waals surface area contributed by atoms with Crippen LogP contribution in [0, 0.1) is 0 Å². The predicted octanol–water partition coefficient (Wildman–Crippen LogP) is 1.06. The first kappa shape index (κ1) is 7.95. The van der Waals surface area contributed by atoms with Crippen molar-refractivity contribution >= 4 is 6.29 Å². The van der Waals surface area contributed by atoms with Crippen LogP contribution in [-0.2, 0) is 10.3 Å². The molecule has 0 aliphatic heterocycles. The van der Waals surface area contributed by atoms with Crippen molar-refractivity contribution in [1.82, 2.24) is 0 Å². The van der Waals surface area contributed by atoms with Crippen LogP contribution < -0.4 is 5.73 Å². The Kier molecular flexibility index (Phi) is 2.06. The van der Waals surface area contributed by atoms with Crippen molar-refractivity contribution < 1.29 is 4.79 Å². The second-order valence-corrected chi connectivity index (χ2v) is 2.77. The number of nitrogens with two attached hydrogens (primary N) is 1. The fourth-order valence-electron chi connectivity index (χ4n) is 0.865. The minimum Gasteiger partial charge on any atom is -0.316 e. The van der Waals surface area contributed by atoms with Crippen LogP contribution in [0.3, 0.4) is 0 Å². The fraction of sp³-hybridized carbons (Fsp3) is 0.222. The molecule has 0 bridgehead atoms. The molecule has 0 saturated carbocycles. The summed E-state index contributed by atoms with van der Waals surface area (Å²) in [7, 11) is 0. The Bertz CT molecular complexity index is 241. The van der Waals surface area contributed by atoms with E-state index in [-0.39, 0.29) is 0 Å². The van der Waals surface area contributed by atoms with E-state index in [0.717, 1.165) is 11.8 Å². The lowest BCUT2D eigenvalue weighted by Crippen LogP contribution is -2.34. The van der Waals surface area contributed by atoms with Gasteiger partial charge in [0.15, 0.2) is 0 Å². The maximum atomic E-state index is 10.5. The second-order valence-electron chi connectivity index (χ2n) is 2.77. The van der Waals surface area contributed by atoms with E-state index in [2.05, 4.69) is 0 Å². The molecule has 0 aliphatic carbocycles. The van der Waals surface area contributed by atoms with Crippen LogP contribution in [0.15, 0.2) is 30.3 Å². The van der Waals surface area contributed by atoms with Gasteiger partial charge in [-0.2, -0.15) is 0 Å². The number of hydrogen-bond donors (Lipinski definition) is 1. The molecule has 0 heterocycles. The van der Waals surface area contributed by atoms with Crippen LogP contribution in [0.2, 0.25) is 0 Å². The van der Waals surface area contributed by atoms with E-state index in [9.17, 15) is 4.79 Å². The van der Waals surface area contributed by atoms with Gasteiger partial charge in [-0.3, -0.25) is 0 Å². The van der Waals surface area contributed by atoms with Crippen LogP contribution in [0.5, 0.6) is 0 Å². The van der Waals surface area contributed by atoms with E-state index in [0.29, 0.717) is 0 Å². The van der Waals surface area contributed by atoms with Crippen molar-refractivity contribution in [3.8, 4) is 0 Å². The standard InChI is InChI=1S/C9H11NO/c1-9(10,7-11)8-5-3-2-4-6-8/h2-7H,10H2,1H3. The molecular weight excluding hydrogens is 138 g/mol. The third kappa shape index (κ3) is 1.65. The summed E-state index contributed by atoms with van der Waals surface area (Å²) in [5, 5.41) is 0. The van der Waals surface area contributed by atoms with Gasteiger partial charge in [0.05, 0.1) is 5.54 Å². The minimum absolute atomic E-state index is 0.752. The zero-order valence-electron chi connectivity index (χ0n) is 6.45. The topological polar surface area (TPSA) is 43.1 Å². The van der Waals surface area contributed by atoms with E-state index in [1.54, 1.807) is 6.92 Å². The predicted molar refractivity (Wildman–Crippen MR) is 44.0 cm³/mol. The summed E-state index contributed by atoms with van der Waals surface area (Å²) >= 11 is 0. The molecular formula is C9H11NO. The number of hydrogen-bond acceptors (Lipinski definition) is 2. The molecule has 0 spiro atoms. The quantitative estimate of drug-likeness (QED) is 0.639. The van der Waals surface area contributed by atoms with Crippen LogP contribution in [0.25, 0.3) is 0 Å². The van der Waals surface area contributed by atoms with Crippen molar-refractivity contribution in [1.29, 1.82) is 0 Å². The van der Waals surface area contributed by atoms with E-state index >= 15 is 0 Å². The maximum absolute atomic E-state index is 10.5. The van der Waals surface area contributed by atoms with Gasteiger partial charge in [0.1, 0.15) is 6.29 Å². The van der Waals surface area contributed by atoms with Gasteiger partial charge in [-0.1, -0.05) is 30.3 Å².